The maximum Gasteiger partial charge on any atom is 0.339 e. The van der Waals surface area contributed by atoms with E-state index in [2.05, 4.69) is 0 Å². The average molecular weight is 322 g/mol. The number of aryl methyl sites for hydroxylation is 1. The molecule has 116 valence electrons. The molecular formula is C15H14O6S. The lowest BCUT2D eigenvalue weighted by Gasteiger charge is -2.12. The van der Waals surface area contributed by atoms with Gasteiger partial charge in [0.2, 0.25) is 0 Å². The second-order valence-corrected chi connectivity index (χ2v) is 5.99. The first-order valence-electron chi connectivity index (χ1n) is 6.26. The number of ether oxygens (including phenoxy) is 1. The molecule has 0 atom stereocenters. The van der Waals surface area contributed by atoms with E-state index in [9.17, 15) is 13.2 Å². The van der Waals surface area contributed by atoms with E-state index < -0.39 is 16.1 Å². The molecule has 0 saturated carbocycles. The molecule has 0 bridgehead atoms. The van der Waals surface area contributed by atoms with Gasteiger partial charge in [-0.1, -0.05) is 18.2 Å². The summed E-state index contributed by atoms with van der Waals surface area (Å²) in [5.74, 6) is -1.05. The van der Waals surface area contributed by atoms with E-state index >= 15 is 0 Å². The van der Waals surface area contributed by atoms with Gasteiger partial charge in [0, 0.05) is 0 Å². The maximum absolute atomic E-state index is 12.3. The first kappa shape index (κ1) is 15.8. The highest BCUT2D eigenvalue weighted by atomic mass is 32.2. The highest BCUT2D eigenvalue weighted by Gasteiger charge is 2.24. The van der Waals surface area contributed by atoms with Crippen LogP contribution in [0.5, 0.6) is 11.5 Å². The summed E-state index contributed by atoms with van der Waals surface area (Å²) in [7, 11) is -2.83. The molecule has 0 saturated heterocycles. The molecule has 22 heavy (non-hydrogen) atoms. The van der Waals surface area contributed by atoms with E-state index in [4.69, 9.17) is 14.0 Å². The number of methoxy groups -OCH3 is 1. The highest BCUT2D eigenvalue weighted by molar-refractivity contribution is 7.87. The monoisotopic (exact) mass is 322 g/mol. The third-order valence-electron chi connectivity index (χ3n) is 2.95. The van der Waals surface area contributed by atoms with Gasteiger partial charge in [0.15, 0.2) is 0 Å². The van der Waals surface area contributed by atoms with E-state index in [0.717, 1.165) is 6.07 Å². The summed E-state index contributed by atoms with van der Waals surface area (Å²) in [4.78, 5) is 11.0. The lowest BCUT2D eigenvalue weighted by atomic mass is 10.1. The molecule has 0 amide bonds. The zero-order chi connectivity index (χ0) is 16.3. The van der Waals surface area contributed by atoms with Crippen LogP contribution in [0.15, 0.2) is 47.4 Å². The van der Waals surface area contributed by atoms with Crippen LogP contribution in [0.2, 0.25) is 0 Å². The van der Waals surface area contributed by atoms with Crippen molar-refractivity contribution < 1.29 is 27.2 Å². The predicted molar refractivity (Wildman–Crippen MR) is 78.9 cm³/mol. The van der Waals surface area contributed by atoms with Crippen LogP contribution in [-0.4, -0.2) is 26.6 Å². The molecule has 1 N–H and O–H groups in total. The minimum atomic E-state index is -4.14. The van der Waals surface area contributed by atoms with Gasteiger partial charge in [-0.05, 0) is 36.8 Å². The summed E-state index contributed by atoms with van der Waals surface area (Å²) in [6.07, 6.45) is 0. The van der Waals surface area contributed by atoms with Crippen LogP contribution in [0.1, 0.15) is 15.9 Å². The van der Waals surface area contributed by atoms with Crippen molar-refractivity contribution in [2.24, 2.45) is 0 Å². The van der Waals surface area contributed by atoms with E-state index in [1.807, 2.05) is 0 Å². The normalized spacial score (nSPS) is 11.0. The van der Waals surface area contributed by atoms with Crippen LogP contribution >= 0.6 is 0 Å². The Kier molecular flexibility index (Phi) is 4.37. The van der Waals surface area contributed by atoms with Crippen molar-refractivity contribution in [1.82, 2.24) is 0 Å². The van der Waals surface area contributed by atoms with E-state index in [1.165, 1.54) is 32.2 Å². The predicted octanol–water partition coefficient (Wildman–Crippen LogP) is 2.47. The quantitative estimate of drug-likeness (QED) is 0.851. The number of carboxylic acids is 1. The molecule has 0 heterocycles. The van der Waals surface area contributed by atoms with Gasteiger partial charge in [-0.15, -0.1) is 0 Å². The number of rotatable bonds is 5. The van der Waals surface area contributed by atoms with Gasteiger partial charge < -0.3 is 14.0 Å². The number of benzene rings is 2. The zero-order valence-electron chi connectivity index (χ0n) is 11.9. The van der Waals surface area contributed by atoms with Gasteiger partial charge in [0.05, 0.1) is 7.11 Å². The molecule has 2 aromatic carbocycles. The minimum Gasteiger partial charge on any atom is -0.496 e. The molecular weight excluding hydrogens is 308 g/mol. The van der Waals surface area contributed by atoms with Crippen LogP contribution in [0.3, 0.4) is 0 Å². The molecule has 6 nitrogen and oxygen atoms in total. The summed E-state index contributed by atoms with van der Waals surface area (Å²) in [5, 5.41) is 9.15. The lowest BCUT2D eigenvalue weighted by molar-refractivity contribution is 0.0693. The maximum atomic E-state index is 12.3. The molecule has 0 fully saturated rings. The summed E-state index contributed by atoms with van der Waals surface area (Å²) in [6, 6.07) is 10.4. The fourth-order valence-corrected chi connectivity index (χ4v) is 3.08. The zero-order valence-corrected chi connectivity index (χ0v) is 12.8. The van der Waals surface area contributed by atoms with Crippen LogP contribution in [0.4, 0.5) is 0 Å². The fraction of sp³-hybridized carbons (Fsp3) is 0.133. The number of aromatic carboxylic acids is 1. The standard InChI is InChI=1S/C15H14O6S/c1-10-8-13(20-2)12(15(16)17)9-14(10)22(18,19)21-11-6-4-3-5-7-11/h3-9H,1-2H3,(H,16,17). The average Bonchev–Trinajstić information content (AvgIpc) is 2.46. The van der Waals surface area contributed by atoms with Gasteiger partial charge in [0.1, 0.15) is 22.0 Å². The van der Waals surface area contributed by atoms with E-state index in [1.54, 1.807) is 18.2 Å². The Morgan fingerprint density at radius 2 is 1.77 bits per heavy atom. The molecule has 0 unspecified atom stereocenters. The van der Waals surface area contributed by atoms with Gasteiger partial charge in [0.25, 0.3) is 0 Å². The number of hydrogen-bond acceptors (Lipinski definition) is 5. The van der Waals surface area contributed by atoms with Gasteiger partial charge in [-0.25, -0.2) is 4.79 Å². The van der Waals surface area contributed by atoms with E-state index in [0.29, 0.717) is 5.56 Å². The van der Waals surface area contributed by atoms with Crippen molar-refractivity contribution >= 4 is 16.1 Å². The summed E-state index contributed by atoms with van der Waals surface area (Å²) in [6.45, 7) is 1.54. The third kappa shape index (κ3) is 3.20. The summed E-state index contributed by atoms with van der Waals surface area (Å²) in [5.41, 5.74) is 0.0844. The molecule has 0 aliphatic rings. The Balaban J connectivity index is 2.51. The Morgan fingerprint density at radius 1 is 1.14 bits per heavy atom. The molecule has 0 radical (unpaired) electrons. The van der Waals surface area contributed by atoms with Crippen LogP contribution in [-0.2, 0) is 10.1 Å². The minimum absolute atomic E-state index is 0.0867. The number of para-hydroxylation sites is 1. The molecule has 2 rings (SSSR count). The van der Waals surface area contributed by atoms with Crippen molar-refractivity contribution in [2.75, 3.05) is 7.11 Å². The molecule has 0 aliphatic heterocycles. The molecule has 2 aromatic rings. The SMILES string of the molecule is COc1cc(C)c(S(=O)(=O)Oc2ccccc2)cc1C(=O)O. The fourth-order valence-electron chi connectivity index (χ4n) is 1.91. The largest absolute Gasteiger partial charge is 0.496 e. The molecule has 7 heteroatoms. The Morgan fingerprint density at radius 3 is 2.32 bits per heavy atom. The molecule has 0 spiro atoms. The van der Waals surface area contributed by atoms with Crippen LogP contribution in [0, 0.1) is 6.92 Å². The van der Waals surface area contributed by atoms with Crippen LogP contribution < -0.4 is 8.92 Å². The van der Waals surface area contributed by atoms with Crippen molar-refractivity contribution in [3.8, 4) is 11.5 Å². The van der Waals surface area contributed by atoms with Crippen LogP contribution in [0.25, 0.3) is 0 Å². The number of carbonyl (C=O) groups is 1. The Hall–Kier alpha value is -2.54. The van der Waals surface area contributed by atoms with Gasteiger partial charge >= 0.3 is 16.1 Å². The lowest BCUT2D eigenvalue weighted by Crippen LogP contribution is -2.13. The second-order valence-electron chi connectivity index (χ2n) is 4.47. The second kappa shape index (κ2) is 6.07. The van der Waals surface area contributed by atoms with Crippen molar-refractivity contribution in [3.63, 3.8) is 0 Å². The van der Waals surface area contributed by atoms with Gasteiger partial charge in [-0.3, -0.25) is 0 Å². The number of carboxylic acid groups (broad SMARTS) is 1. The van der Waals surface area contributed by atoms with Crippen molar-refractivity contribution in [1.29, 1.82) is 0 Å². The Bertz CT molecular complexity index is 796. The first-order chi connectivity index (χ1) is 10.3. The summed E-state index contributed by atoms with van der Waals surface area (Å²) < 4.78 is 34.7. The highest BCUT2D eigenvalue weighted by Crippen LogP contribution is 2.28. The smallest absolute Gasteiger partial charge is 0.339 e. The van der Waals surface area contributed by atoms with Gasteiger partial charge in [-0.2, -0.15) is 8.42 Å². The topological polar surface area (TPSA) is 89.9 Å². The molecule has 0 aromatic heterocycles. The Labute approximate surface area is 128 Å². The summed E-state index contributed by atoms with van der Waals surface area (Å²) >= 11 is 0. The first-order valence-corrected chi connectivity index (χ1v) is 7.67. The van der Waals surface area contributed by atoms with E-state index in [-0.39, 0.29) is 22.0 Å². The number of hydrogen-bond donors (Lipinski definition) is 1. The van der Waals surface area contributed by atoms with Crippen molar-refractivity contribution in [3.05, 3.63) is 53.6 Å². The van der Waals surface area contributed by atoms with Crippen molar-refractivity contribution in [2.45, 2.75) is 11.8 Å². The molecule has 0 aliphatic carbocycles. The third-order valence-corrected chi connectivity index (χ3v) is 4.34.